The highest BCUT2D eigenvalue weighted by molar-refractivity contribution is 5.95. The van der Waals surface area contributed by atoms with Crippen LogP contribution in [0.2, 0.25) is 0 Å². The van der Waals surface area contributed by atoms with Crippen molar-refractivity contribution in [2.24, 2.45) is 0 Å². The number of H-pyrrole nitrogens is 1. The summed E-state index contributed by atoms with van der Waals surface area (Å²) in [6.07, 6.45) is 5.36. The summed E-state index contributed by atoms with van der Waals surface area (Å²) in [6.45, 7) is 5.16. The second kappa shape index (κ2) is 5.53. The van der Waals surface area contributed by atoms with Gasteiger partial charge in [0.15, 0.2) is 0 Å². The van der Waals surface area contributed by atoms with Gasteiger partial charge in [-0.3, -0.25) is 9.89 Å². The summed E-state index contributed by atoms with van der Waals surface area (Å²) in [6, 6.07) is 0. The fourth-order valence-electron chi connectivity index (χ4n) is 2.85. The van der Waals surface area contributed by atoms with Crippen LogP contribution in [-0.4, -0.2) is 59.8 Å². The first kappa shape index (κ1) is 14.7. The Kier molecular flexibility index (Phi) is 3.69. The first-order valence-electron chi connectivity index (χ1n) is 7.37. The summed E-state index contributed by atoms with van der Waals surface area (Å²) in [5.74, 6) is 0.102. The minimum absolute atomic E-state index is 0.0908. The maximum absolute atomic E-state index is 12.6. The van der Waals surface area contributed by atoms with Gasteiger partial charge in [0, 0.05) is 12.7 Å². The van der Waals surface area contributed by atoms with Crippen LogP contribution >= 0.6 is 0 Å². The Morgan fingerprint density at radius 1 is 1.55 bits per heavy atom. The Labute approximate surface area is 128 Å². The van der Waals surface area contributed by atoms with Crippen molar-refractivity contribution in [1.29, 1.82) is 0 Å². The fourth-order valence-corrected chi connectivity index (χ4v) is 2.85. The molecule has 0 saturated carbocycles. The van der Waals surface area contributed by atoms with Gasteiger partial charge in [0.05, 0.1) is 36.7 Å². The molecule has 1 unspecified atom stereocenters. The minimum Gasteiger partial charge on any atom is -0.386 e. The van der Waals surface area contributed by atoms with Gasteiger partial charge in [-0.1, -0.05) is 19.1 Å². The number of nitrogens with one attached hydrogen (secondary N) is 1. The number of aromatic amines is 1. The van der Waals surface area contributed by atoms with Crippen molar-refractivity contribution in [2.75, 3.05) is 13.1 Å². The van der Waals surface area contributed by atoms with Gasteiger partial charge in [0.2, 0.25) is 0 Å². The summed E-state index contributed by atoms with van der Waals surface area (Å²) in [4.78, 5) is 14.3. The molecule has 8 heteroatoms. The fraction of sp³-hybridized carbons (Fsp3) is 0.571. The second-order valence-corrected chi connectivity index (χ2v) is 6.15. The lowest BCUT2D eigenvalue weighted by Gasteiger charge is -2.23. The summed E-state index contributed by atoms with van der Waals surface area (Å²) >= 11 is 0. The van der Waals surface area contributed by atoms with Gasteiger partial charge in [0.25, 0.3) is 5.91 Å². The zero-order valence-corrected chi connectivity index (χ0v) is 12.7. The number of hydrogen-bond donors (Lipinski definition) is 2. The number of aliphatic hydroxyl groups is 1. The predicted molar refractivity (Wildman–Crippen MR) is 78.2 cm³/mol. The van der Waals surface area contributed by atoms with E-state index in [9.17, 15) is 9.90 Å². The van der Waals surface area contributed by atoms with Gasteiger partial charge in [-0.15, -0.1) is 5.10 Å². The molecule has 8 nitrogen and oxygen atoms in total. The Hall–Kier alpha value is -2.22. The van der Waals surface area contributed by atoms with Crippen molar-refractivity contribution >= 4 is 5.91 Å². The van der Waals surface area contributed by atoms with Gasteiger partial charge >= 0.3 is 0 Å². The van der Waals surface area contributed by atoms with Gasteiger partial charge in [0.1, 0.15) is 5.60 Å². The molecular formula is C14H20N6O2. The van der Waals surface area contributed by atoms with Gasteiger partial charge < -0.3 is 10.0 Å². The first-order chi connectivity index (χ1) is 10.5. The number of rotatable bonds is 4. The number of hydrogen-bond acceptors (Lipinski definition) is 5. The van der Waals surface area contributed by atoms with Crippen LogP contribution in [0, 0.1) is 0 Å². The lowest BCUT2D eigenvalue weighted by molar-refractivity contribution is 0.0266. The number of nitrogens with zero attached hydrogens (tertiary/aromatic N) is 5. The van der Waals surface area contributed by atoms with Gasteiger partial charge in [-0.2, -0.15) is 5.10 Å². The molecule has 0 bridgehead atoms. The zero-order chi connectivity index (χ0) is 15.7. The van der Waals surface area contributed by atoms with Crippen LogP contribution in [-0.2, 0) is 6.54 Å². The lowest BCUT2D eigenvalue weighted by Crippen LogP contribution is -2.39. The number of likely N-dealkylation sites (tertiary alicyclic amines) is 1. The van der Waals surface area contributed by atoms with Gasteiger partial charge in [-0.05, 0) is 12.3 Å². The molecule has 2 aromatic heterocycles. The predicted octanol–water partition coefficient (Wildman–Crippen LogP) is 0.402. The average molecular weight is 304 g/mol. The SMILES string of the molecule is CC(C)c1[nH]ncc1C(=O)N1CCC(O)(Cn2ccnn2)C1. The van der Waals surface area contributed by atoms with Crippen LogP contribution in [0.1, 0.15) is 42.2 Å². The van der Waals surface area contributed by atoms with Crippen LogP contribution in [0.15, 0.2) is 18.6 Å². The van der Waals surface area contributed by atoms with E-state index in [1.807, 2.05) is 13.8 Å². The van der Waals surface area contributed by atoms with E-state index in [4.69, 9.17) is 0 Å². The zero-order valence-electron chi connectivity index (χ0n) is 12.7. The van der Waals surface area contributed by atoms with E-state index in [1.165, 1.54) is 0 Å². The Balaban J connectivity index is 1.72. The standard InChI is InChI=1S/C14H20N6O2/c1-10(2)12-11(7-16-17-12)13(21)19-5-3-14(22,8-19)9-20-6-4-15-18-20/h4,6-7,10,22H,3,5,8-9H2,1-2H3,(H,16,17). The molecule has 1 saturated heterocycles. The lowest BCUT2D eigenvalue weighted by atomic mass is 10.0. The van der Waals surface area contributed by atoms with Crippen molar-refractivity contribution in [1.82, 2.24) is 30.1 Å². The minimum atomic E-state index is -0.967. The van der Waals surface area contributed by atoms with Crippen LogP contribution in [0.25, 0.3) is 0 Å². The molecule has 3 heterocycles. The quantitative estimate of drug-likeness (QED) is 0.851. The molecular weight excluding hydrogens is 284 g/mol. The molecule has 0 radical (unpaired) electrons. The molecule has 1 atom stereocenters. The Morgan fingerprint density at radius 2 is 2.36 bits per heavy atom. The van der Waals surface area contributed by atoms with E-state index >= 15 is 0 Å². The molecule has 0 aliphatic carbocycles. The number of β-amino-alcohol motifs (C(OH)–C–C–N with tert-alkyl or cyclic N) is 1. The normalized spacial score (nSPS) is 21.7. The van der Waals surface area contributed by atoms with E-state index in [0.29, 0.717) is 25.1 Å². The monoisotopic (exact) mass is 304 g/mol. The molecule has 1 aliphatic rings. The first-order valence-corrected chi connectivity index (χ1v) is 7.37. The van der Waals surface area contributed by atoms with Crippen molar-refractivity contribution in [2.45, 2.75) is 38.3 Å². The summed E-state index contributed by atoms with van der Waals surface area (Å²) in [5.41, 5.74) is 0.446. The maximum Gasteiger partial charge on any atom is 0.257 e. The number of carbonyl (C=O) groups excluding carboxylic acids is 1. The molecule has 1 aliphatic heterocycles. The highest BCUT2D eigenvalue weighted by atomic mass is 16.3. The van der Waals surface area contributed by atoms with Crippen molar-refractivity contribution in [3.8, 4) is 0 Å². The van der Waals surface area contributed by atoms with E-state index < -0.39 is 5.60 Å². The third-order valence-corrected chi connectivity index (χ3v) is 4.02. The molecule has 1 fully saturated rings. The highest BCUT2D eigenvalue weighted by Gasteiger charge is 2.39. The molecule has 118 valence electrons. The van der Waals surface area contributed by atoms with Crippen molar-refractivity contribution in [3.63, 3.8) is 0 Å². The summed E-state index contributed by atoms with van der Waals surface area (Å²) in [7, 11) is 0. The van der Waals surface area contributed by atoms with E-state index in [2.05, 4.69) is 20.5 Å². The molecule has 1 amide bonds. The molecule has 3 rings (SSSR count). The van der Waals surface area contributed by atoms with E-state index in [1.54, 1.807) is 28.2 Å². The van der Waals surface area contributed by atoms with Crippen molar-refractivity contribution < 1.29 is 9.90 Å². The average Bonchev–Trinajstić information content (AvgIpc) is 3.18. The number of aromatic nitrogens is 5. The molecule has 2 N–H and O–H groups in total. The summed E-state index contributed by atoms with van der Waals surface area (Å²) in [5, 5.41) is 25.1. The summed E-state index contributed by atoms with van der Waals surface area (Å²) < 4.78 is 1.59. The number of amides is 1. The van der Waals surface area contributed by atoms with Crippen LogP contribution < -0.4 is 0 Å². The molecule has 0 aromatic carbocycles. The Morgan fingerprint density at radius 3 is 3.05 bits per heavy atom. The smallest absolute Gasteiger partial charge is 0.257 e. The highest BCUT2D eigenvalue weighted by Crippen LogP contribution is 2.26. The third-order valence-electron chi connectivity index (χ3n) is 4.02. The number of carbonyl (C=O) groups is 1. The van der Waals surface area contributed by atoms with E-state index in [0.717, 1.165) is 5.69 Å². The van der Waals surface area contributed by atoms with Gasteiger partial charge in [-0.25, -0.2) is 4.68 Å². The molecule has 0 spiro atoms. The maximum atomic E-state index is 12.6. The Bertz CT molecular complexity index is 650. The van der Waals surface area contributed by atoms with Crippen molar-refractivity contribution in [3.05, 3.63) is 29.8 Å². The third kappa shape index (κ3) is 2.74. The second-order valence-electron chi connectivity index (χ2n) is 6.15. The van der Waals surface area contributed by atoms with Crippen LogP contribution in [0.3, 0.4) is 0 Å². The van der Waals surface area contributed by atoms with E-state index in [-0.39, 0.29) is 18.4 Å². The van der Waals surface area contributed by atoms with Crippen LogP contribution in [0.4, 0.5) is 0 Å². The largest absolute Gasteiger partial charge is 0.386 e. The molecule has 22 heavy (non-hydrogen) atoms. The van der Waals surface area contributed by atoms with Crippen LogP contribution in [0.5, 0.6) is 0 Å². The molecule has 2 aromatic rings. The topological polar surface area (TPSA) is 99.9 Å².